The van der Waals surface area contributed by atoms with Crippen LogP contribution in [0.2, 0.25) is 0 Å². The minimum atomic E-state index is -3.36. The van der Waals surface area contributed by atoms with Crippen LogP contribution in [0.4, 0.5) is 0 Å². The van der Waals surface area contributed by atoms with Gasteiger partial charge >= 0.3 is 0 Å². The second-order valence-electron chi connectivity index (χ2n) is 5.01. The maximum Gasteiger partial charge on any atom is 0.232 e. The molecule has 0 bridgehead atoms. The van der Waals surface area contributed by atoms with E-state index in [9.17, 15) is 13.5 Å². The number of hydrogen-bond donors (Lipinski definition) is 1. The van der Waals surface area contributed by atoms with Gasteiger partial charge in [-0.25, -0.2) is 22.9 Å². The summed E-state index contributed by atoms with van der Waals surface area (Å²) in [6, 6.07) is 3.25. The monoisotopic (exact) mass is 382 g/mol. The molecule has 0 aliphatic carbocycles. The zero-order chi connectivity index (χ0) is 17.1. The molecule has 0 fully saturated rings. The Morgan fingerprint density at radius 1 is 1.25 bits per heavy atom. The average Bonchev–Trinajstić information content (AvgIpc) is 3.17. The van der Waals surface area contributed by atoms with Gasteiger partial charge in [0.1, 0.15) is 22.2 Å². The van der Waals surface area contributed by atoms with Gasteiger partial charge in [-0.05, 0) is 0 Å². The molecule has 0 amide bonds. The minimum absolute atomic E-state index is 0.0169. The number of ether oxygens (including phenoxy) is 1. The summed E-state index contributed by atoms with van der Waals surface area (Å²) in [4.78, 5) is 9.30. The Balaban J connectivity index is 1.83. The van der Waals surface area contributed by atoms with Crippen molar-refractivity contribution in [1.29, 1.82) is 0 Å². The predicted octanol–water partition coefficient (Wildman–Crippen LogP) is 2.19. The zero-order valence-electron chi connectivity index (χ0n) is 12.4. The van der Waals surface area contributed by atoms with Crippen molar-refractivity contribution in [3.8, 4) is 22.2 Å². The van der Waals surface area contributed by atoms with Crippen molar-refractivity contribution in [2.24, 2.45) is 0 Å². The molecule has 0 aliphatic heterocycles. The van der Waals surface area contributed by atoms with Crippen LogP contribution in [0.1, 0.15) is 0 Å². The van der Waals surface area contributed by atoms with E-state index in [4.69, 9.17) is 4.74 Å². The Morgan fingerprint density at radius 3 is 2.71 bits per heavy atom. The molecular weight excluding hydrogens is 372 g/mol. The van der Waals surface area contributed by atoms with E-state index in [0.29, 0.717) is 31.6 Å². The van der Waals surface area contributed by atoms with Crippen molar-refractivity contribution >= 4 is 47.7 Å². The topological polar surface area (TPSA) is 107 Å². The van der Waals surface area contributed by atoms with Gasteiger partial charge in [0.2, 0.25) is 19.1 Å². The second kappa shape index (κ2) is 5.13. The Morgan fingerprint density at radius 2 is 2.04 bits per heavy atom. The fraction of sp³-hybridized carbons (Fsp3) is 0.154. The number of rotatable bonds is 3. The normalized spacial score (nSPS) is 12.2. The van der Waals surface area contributed by atoms with Crippen molar-refractivity contribution in [1.82, 2.24) is 19.6 Å². The van der Waals surface area contributed by atoms with Gasteiger partial charge in [0.25, 0.3) is 0 Å². The number of thiazole rings is 1. The standard InChI is InChI=1S/C13H10N4O4S3/c1-21-6-3-7-10(9(18)4-6)22-11(14-7)8-5-17-12(15-8)23-13(16-17)24(2,19)20/h3-5,18H,1-2H3. The molecule has 1 N–H and O–H groups in total. The Labute approximate surface area is 143 Å². The Hall–Kier alpha value is -2.24. The van der Waals surface area contributed by atoms with E-state index in [1.807, 2.05) is 0 Å². The lowest BCUT2D eigenvalue weighted by molar-refractivity contribution is 0.409. The van der Waals surface area contributed by atoms with Crippen LogP contribution < -0.4 is 4.74 Å². The summed E-state index contributed by atoms with van der Waals surface area (Å²) in [6.45, 7) is 0. The molecule has 4 aromatic rings. The van der Waals surface area contributed by atoms with E-state index in [-0.39, 0.29) is 10.1 Å². The third kappa shape index (κ3) is 2.41. The third-order valence-corrected chi connectivity index (χ3v) is 6.95. The zero-order valence-corrected chi connectivity index (χ0v) is 14.9. The number of fused-ring (bicyclic) bond motifs is 2. The number of phenolic OH excluding ortho intramolecular Hbond substituents is 1. The van der Waals surface area contributed by atoms with Crippen LogP contribution in [-0.2, 0) is 9.84 Å². The molecule has 1 aromatic carbocycles. The van der Waals surface area contributed by atoms with E-state index in [1.165, 1.54) is 29.0 Å². The van der Waals surface area contributed by atoms with Crippen LogP contribution in [-0.4, -0.2) is 46.5 Å². The molecule has 0 saturated heterocycles. The minimum Gasteiger partial charge on any atom is -0.506 e. The molecule has 0 saturated carbocycles. The van der Waals surface area contributed by atoms with E-state index in [2.05, 4.69) is 15.1 Å². The third-order valence-electron chi connectivity index (χ3n) is 3.24. The van der Waals surface area contributed by atoms with E-state index < -0.39 is 9.84 Å². The Kier molecular flexibility index (Phi) is 3.27. The number of aromatic hydroxyl groups is 1. The molecule has 3 heterocycles. The molecular formula is C13H10N4O4S3. The van der Waals surface area contributed by atoms with Crippen LogP contribution >= 0.6 is 22.7 Å². The van der Waals surface area contributed by atoms with Crippen LogP contribution in [0.3, 0.4) is 0 Å². The first-order valence-corrected chi connectivity index (χ1v) is 10.1. The lowest BCUT2D eigenvalue weighted by Gasteiger charge is -1.99. The molecule has 24 heavy (non-hydrogen) atoms. The molecule has 0 radical (unpaired) electrons. The van der Waals surface area contributed by atoms with Crippen molar-refractivity contribution in [2.75, 3.05) is 13.4 Å². The van der Waals surface area contributed by atoms with Crippen LogP contribution in [0.5, 0.6) is 11.5 Å². The molecule has 3 aromatic heterocycles. The number of sulfone groups is 1. The molecule has 124 valence electrons. The molecule has 11 heteroatoms. The van der Waals surface area contributed by atoms with Crippen molar-refractivity contribution in [3.05, 3.63) is 18.3 Å². The summed E-state index contributed by atoms with van der Waals surface area (Å²) in [5, 5.41) is 14.7. The maximum absolute atomic E-state index is 11.5. The van der Waals surface area contributed by atoms with Crippen LogP contribution in [0.25, 0.3) is 25.9 Å². The van der Waals surface area contributed by atoms with Crippen molar-refractivity contribution in [2.45, 2.75) is 4.34 Å². The van der Waals surface area contributed by atoms with Gasteiger partial charge in [-0.3, -0.25) is 0 Å². The number of phenols is 1. The van der Waals surface area contributed by atoms with Crippen molar-refractivity contribution in [3.63, 3.8) is 0 Å². The van der Waals surface area contributed by atoms with E-state index in [0.717, 1.165) is 17.6 Å². The van der Waals surface area contributed by atoms with Gasteiger partial charge in [-0.2, -0.15) is 0 Å². The summed E-state index contributed by atoms with van der Waals surface area (Å²) in [5.74, 6) is 0.605. The summed E-state index contributed by atoms with van der Waals surface area (Å²) in [6.07, 6.45) is 2.72. The molecule has 4 rings (SSSR count). The maximum atomic E-state index is 11.5. The lowest BCUT2D eigenvalue weighted by Crippen LogP contribution is -1.96. The highest BCUT2D eigenvalue weighted by atomic mass is 32.2. The number of imidazole rings is 1. The summed E-state index contributed by atoms with van der Waals surface area (Å²) < 4.78 is 30.2. The summed E-state index contributed by atoms with van der Waals surface area (Å²) >= 11 is 2.29. The highest BCUT2D eigenvalue weighted by Gasteiger charge is 2.19. The smallest absolute Gasteiger partial charge is 0.232 e. The van der Waals surface area contributed by atoms with Gasteiger partial charge in [0, 0.05) is 18.4 Å². The number of aromatic nitrogens is 4. The number of benzene rings is 1. The lowest BCUT2D eigenvalue weighted by atomic mass is 10.3. The fourth-order valence-corrected chi connectivity index (χ4v) is 4.75. The first-order chi connectivity index (χ1) is 11.3. The number of nitrogens with zero attached hydrogens (tertiary/aromatic N) is 4. The fourth-order valence-electron chi connectivity index (χ4n) is 2.15. The second-order valence-corrected chi connectivity index (χ2v) is 9.15. The van der Waals surface area contributed by atoms with Gasteiger partial charge in [-0.1, -0.05) is 11.3 Å². The molecule has 0 aliphatic rings. The van der Waals surface area contributed by atoms with Gasteiger partial charge < -0.3 is 9.84 Å². The average molecular weight is 382 g/mol. The van der Waals surface area contributed by atoms with Crippen LogP contribution in [0, 0.1) is 0 Å². The first kappa shape index (κ1) is 15.3. The number of hydrogen-bond acceptors (Lipinski definition) is 9. The molecule has 0 unspecified atom stereocenters. The quantitative estimate of drug-likeness (QED) is 0.579. The van der Waals surface area contributed by atoms with Gasteiger partial charge in [0.05, 0.1) is 23.5 Å². The van der Waals surface area contributed by atoms with Gasteiger partial charge in [-0.15, -0.1) is 16.4 Å². The largest absolute Gasteiger partial charge is 0.506 e. The summed E-state index contributed by atoms with van der Waals surface area (Å²) in [7, 11) is -1.84. The Bertz CT molecular complexity index is 1160. The van der Waals surface area contributed by atoms with E-state index >= 15 is 0 Å². The number of methoxy groups -OCH3 is 1. The van der Waals surface area contributed by atoms with E-state index in [1.54, 1.807) is 12.3 Å². The summed E-state index contributed by atoms with van der Waals surface area (Å²) in [5.41, 5.74) is 1.17. The first-order valence-electron chi connectivity index (χ1n) is 6.59. The van der Waals surface area contributed by atoms with Crippen molar-refractivity contribution < 1.29 is 18.3 Å². The predicted molar refractivity (Wildman–Crippen MR) is 90.8 cm³/mol. The van der Waals surface area contributed by atoms with Gasteiger partial charge in [0.15, 0.2) is 0 Å². The molecule has 8 nitrogen and oxygen atoms in total. The SMILES string of the molecule is COc1cc(O)c2sc(-c3cn4nc(S(C)(=O)=O)sc4n3)nc2c1. The molecule has 0 spiro atoms. The molecule has 0 atom stereocenters. The van der Waals surface area contributed by atoms with Crippen LogP contribution in [0.15, 0.2) is 22.7 Å². The highest BCUT2D eigenvalue weighted by molar-refractivity contribution is 7.92. The highest BCUT2D eigenvalue weighted by Crippen LogP contribution is 2.38.